The molecule has 0 aromatic heterocycles. The molecule has 1 rings (SSSR count). The van der Waals surface area contributed by atoms with Crippen LogP contribution in [0.3, 0.4) is 0 Å². The Morgan fingerprint density at radius 2 is 2.05 bits per heavy atom. The summed E-state index contributed by atoms with van der Waals surface area (Å²) in [5.74, 6) is 0.664. The SMILES string of the molecule is CCNC(=NCC(O)c1ccc(Cl)cc1)NCCOC. The fourth-order valence-corrected chi connectivity index (χ4v) is 1.71. The third-order valence-electron chi connectivity index (χ3n) is 2.62. The summed E-state index contributed by atoms with van der Waals surface area (Å²) in [6, 6.07) is 7.11. The maximum atomic E-state index is 10.1. The number of hydrogen-bond acceptors (Lipinski definition) is 3. The van der Waals surface area contributed by atoms with E-state index in [-0.39, 0.29) is 6.54 Å². The van der Waals surface area contributed by atoms with Crippen molar-refractivity contribution >= 4 is 17.6 Å². The molecule has 0 aliphatic heterocycles. The number of benzene rings is 1. The maximum absolute atomic E-state index is 10.1. The third-order valence-corrected chi connectivity index (χ3v) is 2.87. The van der Waals surface area contributed by atoms with Gasteiger partial charge in [-0.3, -0.25) is 4.99 Å². The second-order valence-corrected chi connectivity index (χ2v) is 4.64. The molecule has 0 aliphatic rings. The minimum atomic E-state index is -0.648. The van der Waals surface area contributed by atoms with Gasteiger partial charge in [0.05, 0.1) is 19.3 Å². The molecule has 0 heterocycles. The van der Waals surface area contributed by atoms with E-state index in [1.807, 2.05) is 6.92 Å². The van der Waals surface area contributed by atoms with Crippen molar-refractivity contribution in [2.24, 2.45) is 4.99 Å². The van der Waals surface area contributed by atoms with Crippen molar-refractivity contribution in [1.82, 2.24) is 10.6 Å². The highest BCUT2D eigenvalue weighted by atomic mass is 35.5. The highest BCUT2D eigenvalue weighted by Crippen LogP contribution is 2.16. The first-order valence-electron chi connectivity index (χ1n) is 6.62. The molecular formula is C14H22ClN3O2. The van der Waals surface area contributed by atoms with Crippen molar-refractivity contribution in [3.8, 4) is 0 Å². The molecule has 0 saturated heterocycles. The average Bonchev–Trinajstić information content (AvgIpc) is 2.45. The highest BCUT2D eigenvalue weighted by Gasteiger charge is 2.07. The van der Waals surface area contributed by atoms with Crippen LogP contribution in [0.2, 0.25) is 5.02 Å². The zero-order valence-corrected chi connectivity index (χ0v) is 12.7. The van der Waals surface area contributed by atoms with Gasteiger partial charge in [-0.2, -0.15) is 0 Å². The monoisotopic (exact) mass is 299 g/mol. The summed E-state index contributed by atoms with van der Waals surface area (Å²) in [6.07, 6.45) is -0.648. The van der Waals surface area contributed by atoms with E-state index in [0.29, 0.717) is 24.1 Å². The van der Waals surface area contributed by atoms with Gasteiger partial charge in [0.15, 0.2) is 5.96 Å². The van der Waals surface area contributed by atoms with Crippen LogP contribution in [0.1, 0.15) is 18.6 Å². The second kappa shape index (κ2) is 9.58. The lowest BCUT2D eigenvalue weighted by molar-refractivity contribution is 0.187. The van der Waals surface area contributed by atoms with Gasteiger partial charge in [0.1, 0.15) is 0 Å². The molecule has 112 valence electrons. The Bertz CT molecular complexity index is 409. The van der Waals surface area contributed by atoms with Crippen LogP contribution in [0.25, 0.3) is 0 Å². The quantitative estimate of drug-likeness (QED) is 0.406. The number of hydrogen-bond donors (Lipinski definition) is 3. The molecule has 1 aromatic rings. The Morgan fingerprint density at radius 3 is 2.65 bits per heavy atom. The van der Waals surface area contributed by atoms with E-state index in [1.54, 1.807) is 31.4 Å². The van der Waals surface area contributed by atoms with Crippen molar-refractivity contribution in [3.63, 3.8) is 0 Å². The van der Waals surface area contributed by atoms with E-state index < -0.39 is 6.10 Å². The molecule has 3 N–H and O–H groups in total. The van der Waals surface area contributed by atoms with E-state index in [2.05, 4.69) is 15.6 Å². The van der Waals surface area contributed by atoms with E-state index in [0.717, 1.165) is 12.1 Å². The van der Waals surface area contributed by atoms with Gasteiger partial charge in [-0.25, -0.2) is 0 Å². The summed E-state index contributed by atoms with van der Waals surface area (Å²) < 4.78 is 4.97. The molecule has 0 amide bonds. The standard InChI is InChI=1S/C14H22ClN3O2/c1-3-16-14(17-8-9-20-2)18-10-13(19)11-4-6-12(15)7-5-11/h4-7,13,19H,3,8-10H2,1-2H3,(H2,16,17,18). The smallest absolute Gasteiger partial charge is 0.191 e. The molecule has 5 nitrogen and oxygen atoms in total. The van der Waals surface area contributed by atoms with E-state index in [1.165, 1.54) is 0 Å². The number of halogens is 1. The molecule has 6 heteroatoms. The predicted molar refractivity (Wildman–Crippen MR) is 82.3 cm³/mol. The third kappa shape index (κ3) is 6.23. The summed E-state index contributed by atoms with van der Waals surface area (Å²) in [5.41, 5.74) is 0.797. The summed E-state index contributed by atoms with van der Waals surface area (Å²) in [4.78, 5) is 4.34. The minimum Gasteiger partial charge on any atom is -0.386 e. The van der Waals surface area contributed by atoms with E-state index in [9.17, 15) is 5.11 Å². The fourth-order valence-electron chi connectivity index (χ4n) is 1.58. The van der Waals surface area contributed by atoms with Crippen LogP contribution < -0.4 is 10.6 Å². The molecule has 0 fully saturated rings. The first kappa shape index (κ1) is 16.8. The van der Waals surface area contributed by atoms with Gasteiger partial charge >= 0.3 is 0 Å². The first-order chi connectivity index (χ1) is 9.67. The molecule has 0 spiro atoms. The molecule has 0 radical (unpaired) electrons. The highest BCUT2D eigenvalue weighted by molar-refractivity contribution is 6.30. The summed E-state index contributed by atoms with van der Waals surface area (Å²) in [7, 11) is 1.65. The van der Waals surface area contributed by atoms with Crippen LogP contribution in [-0.4, -0.2) is 44.4 Å². The number of methoxy groups -OCH3 is 1. The van der Waals surface area contributed by atoms with Crippen LogP contribution in [0.4, 0.5) is 0 Å². The minimum absolute atomic E-state index is 0.282. The maximum Gasteiger partial charge on any atom is 0.191 e. The van der Waals surface area contributed by atoms with Crippen molar-refractivity contribution in [3.05, 3.63) is 34.9 Å². The van der Waals surface area contributed by atoms with Crippen molar-refractivity contribution in [1.29, 1.82) is 0 Å². The van der Waals surface area contributed by atoms with Crippen LogP contribution in [-0.2, 0) is 4.74 Å². The number of ether oxygens (including phenoxy) is 1. The lowest BCUT2D eigenvalue weighted by atomic mass is 10.1. The normalized spacial score (nSPS) is 13.1. The van der Waals surface area contributed by atoms with Gasteiger partial charge in [0.2, 0.25) is 0 Å². The van der Waals surface area contributed by atoms with Crippen LogP contribution in [0.15, 0.2) is 29.3 Å². The number of aliphatic hydroxyl groups is 1. The molecule has 20 heavy (non-hydrogen) atoms. The Kier molecular flexibility index (Phi) is 8.02. The van der Waals surface area contributed by atoms with Crippen molar-refractivity contribution in [2.75, 3.05) is 33.4 Å². The van der Waals surface area contributed by atoms with Crippen LogP contribution >= 0.6 is 11.6 Å². The summed E-state index contributed by atoms with van der Waals surface area (Å²) >= 11 is 5.82. The largest absolute Gasteiger partial charge is 0.386 e. The van der Waals surface area contributed by atoms with Gasteiger partial charge in [0, 0.05) is 25.2 Å². The molecule has 1 atom stereocenters. The predicted octanol–water partition coefficient (Wildman–Crippen LogP) is 1.57. The Morgan fingerprint density at radius 1 is 1.35 bits per heavy atom. The van der Waals surface area contributed by atoms with Crippen molar-refractivity contribution in [2.45, 2.75) is 13.0 Å². The van der Waals surface area contributed by atoms with Gasteiger partial charge < -0.3 is 20.5 Å². The Hall–Kier alpha value is -1.30. The lowest BCUT2D eigenvalue weighted by Crippen LogP contribution is -2.39. The van der Waals surface area contributed by atoms with E-state index in [4.69, 9.17) is 16.3 Å². The van der Waals surface area contributed by atoms with Gasteiger partial charge in [0.25, 0.3) is 0 Å². The van der Waals surface area contributed by atoms with Crippen LogP contribution in [0.5, 0.6) is 0 Å². The molecule has 1 unspecified atom stereocenters. The number of nitrogens with zero attached hydrogens (tertiary/aromatic N) is 1. The zero-order valence-electron chi connectivity index (χ0n) is 11.9. The topological polar surface area (TPSA) is 65.9 Å². The van der Waals surface area contributed by atoms with Gasteiger partial charge in [-0.15, -0.1) is 0 Å². The van der Waals surface area contributed by atoms with Gasteiger partial charge in [-0.05, 0) is 24.6 Å². The molecule has 1 aromatic carbocycles. The number of aliphatic imine (C=N–C) groups is 1. The number of aliphatic hydroxyl groups excluding tert-OH is 1. The Balaban J connectivity index is 2.54. The summed E-state index contributed by atoms with van der Waals surface area (Å²) in [6.45, 7) is 4.30. The van der Waals surface area contributed by atoms with Crippen LogP contribution in [0, 0.1) is 0 Å². The second-order valence-electron chi connectivity index (χ2n) is 4.21. The average molecular weight is 300 g/mol. The molecule has 0 bridgehead atoms. The summed E-state index contributed by atoms with van der Waals surface area (Å²) in [5, 5.41) is 16.9. The molecule has 0 saturated carbocycles. The van der Waals surface area contributed by atoms with E-state index >= 15 is 0 Å². The number of rotatable bonds is 7. The van der Waals surface area contributed by atoms with Gasteiger partial charge in [-0.1, -0.05) is 23.7 Å². The zero-order chi connectivity index (χ0) is 14.8. The first-order valence-corrected chi connectivity index (χ1v) is 6.99. The Labute approximate surface area is 125 Å². The molecule has 0 aliphatic carbocycles. The fraction of sp³-hybridized carbons (Fsp3) is 0.500. The van der Waals surface area contributed by atoms with Crippen molar-refractivity contribution < 1.29 is 9.84 Å². The number of guanidine groups is 1. The lowest BCUT2D eigenvalue weighted by Gasteiger charge is -2.13. The number of nitrogens with one attached hydrogen (secondary N) is 2. The molecular weight excluding hydrogens is 278 g/mol.